The highest BCUT2D eigenvalue weighted by atomic mass is 35.5. The van der Waals surface area contributed by atoms with E-state index in [0.29, 0.717) is 10.6 Å². The molecule has 31 heavy (non-hydrogen) atoms. The fraction of sp³-hybridized carbons (Fsp3) is 0.192. The van der Waals surface area contributed by atoms with Gasteiger partial charge in [-0.2, -0.15) is 0 Å². The van der Waals surface area contributed by atoms with Gasteiger partial charge in [-0.1, -0.05) is 74.0 Å². The molecule has 0 bridgehead atoms. The van der Waals surface area contributed by atoms with Crippen molar-refractivity contribution < 1.29 is 4.79 Å². The van der Waals surface area contributed by atoms with Crippen molar-refractivity contribution in [2.24, 2.45) is 0 Å². The standard InChI is InChI=1S/C26H26ClN3O/c1-3-30(4-2)17-18-10-13-21(14-11-18)28-25(19-8-6-5-7-9-19)24-22-15-12-20(27)16-23(22)29-26(24)31/h5-16,28H,3-4,17H2,1-2H3,(H,29,31). The molecule has 0 saturated carbocycles. The normalized spacial score (nSPS) is 14.4. The number of fused-ring (bicyclic) bond motifs is 1. The number of amides is 1. The van der Waals surface area contributed by atoms with Crippen molar-refractivity contribution in [2.45, 2.75) is 20.4 Å². The molecule has 0 atom stereocenters. The minimum absolute atomic E-state index is 0.137. The molecule has 158 valence electrons. The minimum Gasteiger partial charge on any atom is -0.354 e. The molecule has 4 nitrogen and oxygen atoms in total. The van der Waals surface area contributed by atoms with Crippen LogP contribution in [0.2, 0.25) is 5.02 Å². The summed E-state index contributed by atoms with van der Waals surface area (Å²) in [5, 5.41) is 7.04. The second kappa shape index (κ2) is 9.38. The van der Waals surface area contributed by atoms with Crippen LogP contribution in [0, 0.1) is 0 Å². The van der Waals surface area contributed by atoms with Crippen LogP contribution in [-0.4, -0.2) is 23.9 Å². The van der Waals surface area contributed by atoms with Crippen molar-refractivity contribution >= 4 is 40.2 Å². The second-order valence-electron chi connectivity index (χ2n) is 7.54. The molecule has 1 aliphatic heterocycles. The summed E-state index contributed by atoms with van der Waals surface area (Å²) in [5.41, 5.74) is 6.12. The summed E-state index contributed by atoms with van der Waals surface area (Å²) in [7, 11) is 0. The highest BCUT2D eigenvalue weighted by Gasteiger charge is 2.28. The predicted molar refractivity (Wildman–Crippen MR) is 130 cm³/mol. The van der Waals surface area contributed by atoms with Crippen LogP contribution in [0.25, 0.3) is 11.3 Å². The van der Waals surface area contributed by atoms with Gasteiger partial charge in [0.05, 0.1) is 17.0 Å². The van der Waals surface area contributed by atoms with Crippen LogP contribution in [0.4, 0.5) is 11.4 Å². The first-order chi connectivity index (χ1) is 15.1. The summed E-state index contributed by atoms with van der Waals surface area (Å²) < 4.78 is 0. The molecule has 0 saturated heterocycles. The van der Waals surface area contributed by atoms with Gasteiger partial charge >= 0.3 is 0 Å². The lowest BCUT2D eigenvalue weighted by Gasteiger charge is -2.19. The van der Waals surface area contributed by atoms with Crippen LogP contribution in [0.15, 0.2) is 72.8 Å². The first-order valence-corrected chi connectivity index (χ1v) is 11.0. The Morgan fingerprint density at radius 1 is 0.968 bits per heavy atom. The van der Waals surface area contributed by atoms with E-state index in [0.717, 1.165) is 47.8 Å². The van der Waals surface area contributed by atoms with Crippen LogP contribution in [0.5, 0.6) is 0 Å². The minimum atomic E-state index is -0.137. The Morgan fingerprint density at radius 3 is 2.35 bits per heavy atom. The maximum absolute atomic E-state index is 12.9. The van der Waals surface area contributed by atoms with Crippen molar-refractivity contribution in [1.29, 1.82) is 0 Å². The fourth-order valence-corrected chi connectivity index (χ4v) is 3.99. The molecule has 1 aliphatic rings. The molecule has 3 aromatic rings. The van der Waals surface area contributed by atoms with Crippen molar-refractivity contribution in [3.63, 3.8) is 0 Å². The van der Waals surface area contributed by atoms with Gasteiger partial charge in [0.15, 0.2) is 0 Å². The Hall–Kier alpha value is -3.08. The van der Waals surface area contributed by atoms with Crippen LogP contribution in [0.3, 0.4) is 0 Å². The summed E-state index contributed by atoms with van der Waals surface area (Å²) in [6.07, 6.45) is 0. The topological polar surface area (TPSA) is 44.4 Å². The van der Waals surface area contributed by atoms with Gasteiger partial charge < -0.3 is 10.6 Å². The highest BCUT2D eigenvalue weighted by molar-refractivity contribution is 6.38. The molecule has 1 amide bonds. The number of nitrogens with zero attached hydrogens (tertiary/aromatic N) is 1. The zero-order valence-corrected chi connectivity index (χ0v) is 18.5. The van der Waals surface area contributed by atoms with Gasteiger partial charge in [0.25, 0.3) is 5.91 Å². The molecule has 1 heterocycles. The molecule has 3 aromatic carbocycles. The summed E-state index contributed by atoms with van der Waals surface area (Å²) >= 11 is 6.13. The Morgan fingerprint density at radius 2 is 1.68 bits per heavy atom. The zero-order valence-electron chi connectivity index (χ0n) is 17.8. The van der Waals surface area contributed by atoms with Gasteiger partial charge in [-0.15, -0.1) is 0 Å². The molecule has 4 rings (SSSR count). The fourth-order valence-electron chi connectivity index (χ4n) is 3.82. The number of benzene rings is 3. The Labute approximate surface area is 188 Å². The molecule has 0 radical (unpaired) electrons. The molecule has 2 N–H and O–H groups in total. The first-order valence-electron chi connectivity index (χ1n) is 10.6. The zero-order chi connectivity index (χ0) is 21.8. The van der Waals surface area contributed by atoms with Crippen molar-refractivity contribution in [3.05, 3.63) is 94.5 Å². The second-order valence-corrected chi connectivity index (χ2v) is 7.98. The van der Waals surface area contributed by atoms with Gasteiger partial charge in [-0.3, -0.25) is 9.69 Å². The van der Waals surface area contributed by atoms with E-state index < -0.39 is 0 Å². The third kappa shape index (κ3) is 4.66. The van der Waals surface area contributed by atoms with E-state index in [2.05, 4.69) is 53.6 Å². The quantitative estimate of drug-likeness (QED) is 0.443. The summed E-state index contributed by atoms with van der Waals surface area (Å²) in [6.45, 7) is 7.33. The molecular formula is C26H26ClN3O. The molecular weight excluding hydrogens is 406 g/mol. The number of nitrogens with one attached hydrogen (secondary N) is 2. The Balaban J connectivity index is 1.72. The largest absolute Gasteiger partial charge is 0.354 e. The molecule has 5 heteroatoms. The average Bonchev–Trinajstić information content (AvgIpc) is 3.11. The third-order valence-electron chi connectivity index (χ3n) is 5.56. The first kappa shape index (κ1) is 21.2. The van der Waals surface area contributed by atoms with Gasteiger partial charge in [-0.25, -0.2) is 0 Å². The molecule has 0 aliphatic carbocycles. The monoisotopic (exact) mass is 431 g/mol. The van der Waals surface area contributed by atoms with Gasteiger partial charge in [0.2, 0.25) is 0 Å². The molecule has 0 aromatic heterocycles. The number of carbonyl (C=O) groups is 1. The maximum atomic E-state index is 12.9. The van der Waals surface area contributed by atoms with Gasteiger partial charge in [0, 0.05) is 22.8 Å². The number of anilines is 2. The van der Waals surface area contributed by atoms with E-state index in [4.69, 9.17) is 11.6 Å². The lowest BCUT2D eigenvalue weighted by molar-refractivity contribution is -0.110. The van der Waals surface area contributed by atoms with Crippen LogP contribution < -0.4 is 10.6 Å². The van der Waals surface area contributed by atoms with Gasteiger partial charge in [0.1, 0.15) is 0 Å². The lowest BCUT2D eigenvalue weighted by Crippen LogP contribution is -2.22. The van der Waals surface area contributed by atoms with Gasteiger partial charge in [-0.05, 0) is 48.5 Å². The number of carbonyl (C=O) groups excluding carboxylic acids is 1. The van der Waals surface area contributed by atoms with E-state index in [1.807, 2.05) is 42.5 Å². The lowest BCUT2D eigenvalue weighted by atomic mass is 10.00. The number of hydrogen-bond acceptors (Lipinski definition) is 3. The summed E-state index contributed by atoms with van der Waals surface area (Å²) in [6, 6.07) is 23.8. The number of rotatable bonds is 7. The van der Waals surface area contributed by atoms with E-state index in [-0.39, 0.29) is 5.91 Å². The Bertz CT molecular complexity index is 1100. The van der Waals surface area contributed by atoms with Crippen molar-refractivity contribution in [1.82, 2.24) is 4.90 Å². The van der Waals surface area contributed by atoms with Crippen molar-refractivity contribution in [2.75, 3.05) is 23.7 Å². The van der Waals surface area contributed by atoms with Crippen LogP contribution in [0.1, 0.15) is 30.5 Å². The van der Waals surface area contributed by atoms with E-state index >= 15 is 0 Å². The van der Waals surface area contributed by atoms with Crippen LogP contribution >= 0.6 is 11.6 Å². The molecule has 0 spiro atoms. The number of halogens is 1. The maximum Gasteiger partial charge on any atom is 0.258 e. The smallest absolute Gasteiger partial charge is 0.258 e. The van der Waals surface area contributed by atoms with Crippen LogP contribution in [-0.2, 0) is 11.3 Å². The predicted octanol–water partition coefficient (Wildman–Crippen LogP) is 6.11. The van der Waals surface area contributed by atoms with E-state index in [1.165, 1.54) is 5.56 Å². The summed E-state index contributed by atoms with van der Waals surface area (Å²) in [5.74, 6) is -0.137. The highest BCUT2D eigenvalue weighted by Crippen LogP contribution is 2.38. The van der Waals surface area contributed by atoms with E-state index in [9.17, 15) is 4.79 Å². The Kier molecular flexibility index (Phi) is 6.40. The third-order valence-corrected chi connectivity index (χ3v) is 5.80. The molecule has 0 fully saturated rings. The number of hydrogen-bond donors (Lipinski definition) is 2. The van der Waals surface area contributed by atoms with E-state index in [1.54, 1.807) is 6.07 Å². The SMILES string of the molecule is CCN(CC)Cc1ccc(NC(=C2C(=O)Nc3cc(Cl)ccc32)c2ccccc2)cc1. The average molecular weight is 432 g/mol. The summed E-state index contributed by atoms with van der Waals surface area (Å²) in [4.78, 5) is 15.3. The van der Waals surface area contributed by atoms with Crippen molar-refractivity contribution in [3.8, 4) is 0 Å². The molecule has 0 unspecified atom stereocenters.